The molecule has 0 aliphatic heterocycles. The number of rotatable bonds is 2. The van der Waals surface area contributed by atoms with E-state index in [0.717, 1.165) is 54.5 Å². The predicted octanol–water partition coefficient (Wildman–Crippen LogP) is 5.09. The first-order valence-corrected chi connectivity index (χ1v) is 11.7. The Morgan fingerprint density at radius 3 is 2.75 bits per heavy atom. The zero-order chi connectivity index (χ0) is 21.8. The summed E-state index contributed by atoms with van der Waals surface area (Å²) < 4.78 is 1.00. The van der Waals surface area contributed by atoms with Gasteiger partial charge in [0.1, 0.15) is 12.4 Å². The number of pyridine rings is 1. The quantitative estimate of drug-likeness (QED) is 0.340. The van der Waals surface area contributed by atoms with Gasteiger partial charge in [-0.05, 0) is 90.9 Å². The third-order valence-electron chi connectivity index (χ3n) is 9.14. The van der Waals surface area contributed by atoms with Gasteiger partial charge in [0.2, 0.25) is 0 Å². The molecule has 5 heteroatoms. The molecule has 5 rings (SSSR count). The van der Waals surface area contributed by atoms with Crippen molar-refractivity contribution >= 4 is 5.69 Å². The van der Waals surface area contributed by atoms with E-state index in [1.165, 1.54) is 29.3 Å². The van der Waals surface area contributed by atoms with Gasteiger partial charge in [-0.15, -0.1) is 6.07 Å². The maximum Gasteiger partial charge on any atom is 0.190 e. The van der Waals surface area contributed by atoms with E-state index in [4.69, 9.17) is 6.57 Å². The van der Waals surface area contributed by atoms with Crippen LogP contribution < -0.4 is 4.73 Å². The minimum absolute atomic E-state index is 0. The first-order chi connectivity index (χ1) is 14.9. The molecule has 2 fully saturated rings. The van der Waals surface area contributed by atoms with E-state index in [9.17, 15) is 10.3 Å². The average Bonchev–Trinajstić information content (AvgIpc) is 2.76. The molecule has 2 saturated carbocycles. The number of nitrogens with zero attached hydrogens (tertiary/aromatic N) is 2. The molecule has 1 heterocycles. The largest absolute Gasteiger partial charge is 0.389 e. The fourth-order valence-corrected chi connectivity index (χ4v) is 7.41. The number of hydrogen-bond donors (Lipinski definition) is 2. The van der Waals surface area contributed by atoms with Crippen molar-refractivity contribution in [1.29, 1.82) is 0 Å². The zero-order valence-corrected chi connectivity index (χ0v) is 22.0. The maximum atomic E-state index is 12.0. The predicted molar refractivity (Wildman–Crippen MR) is 118 cm³/mol. The van der Waals surface area contributed by atoms with E-state index in [0.29, 0.717) is 24.2 Å². The van der Waals surface area contributed by atoms with E-state index in [1.807, 2.05) is 12.1 Å². The summed E-state index contributed by atoms with van der Waals surface area (Å²) in [7, 11) is 0. The molecule has 0 saturated heterocycles. The fraction of sp³-hybridized carbons (Fsp3) is 0.556. The summed E-state index contributed by atoms with van der Waals surface area (Å²) in [5.41, 5.74) is 5.00. The molecule has 3 unspecified atom stereocenters. The molecule has 3 aliphatic carbocycles. The molecule has 3 aliphatic rings. The number of benzene rings is 1. The Hall–Kier alpha value is -1.28. The van der Waals surface area contributed by atoms with Crippen molar-refractivity contribution < 1.29 is 47.8 Å². The topological polar surface area (TPSA) is 48.7 Å². The Kier molecular flexibility index (Phi) is 6.58. The molecule has 1 aromatic heterocycles. The van der Waals surface area contributed by atoms with Crippen LogP contribution in [0.3, 0.4) is 0 Å². The van der Waals surface area contributed by atoms with Crippen molar-refractivity contribution in [2.75, 3.05) is 0 Å². The summed E-state index contributed by atoms with van der Waals surface area (Å²) in [5.74, 6) is 1.68. The van der Waals surface area contributed by atoms with Crippen LogP contribution in [-0.4, -0.2) is 15.9 Å². The van der Waals surface area contributed by atoms with Crippen LogP contribution in [0.15, 0.2) is 30.6 Å². The first kappa shape index (κ1) is 23.9. The van der Waals surface area contributed by atoms with Gasteiger partial charge in [0, 0.05) is 32.7 Å². The van der Waals surface area contributed by atoms with Crippen molar-refractivity contribution in [3.8, 4) is 0 Å². The van der Waals surface area contributed by atoms with Gasteiger partial charge in [-0.2, -0.15) is 6.07 Å². The van der Waals surface area contributed by atoms with Crippen molar-refractivity contribution in [3.63, 3.8) is 0 Å². The summed E-state index contributed by atoms with van der Waals surface area (Å²) in [6.45, 7) is 11.9. The number of aliphatic hydroxyl groups is 1. The fourth-order valence-electron chi connectivity index (χ4n) is 7.41. The van der Waals surface area contributed by atoms with Crippen molar-refractivity contribution in [1.82, 2.24) is 0 Å². The second kappa shape index (κ2) is 8.82. The smallest absolute Gasteiger partial charge is 0.190 e. The molecule has 0 amide bonds. The van der Waals surface area contributed by atoms with E-state index < -0.39 is 5.60 Å². The Morgan fingerprint density at radius 1 is 1.22 bits per heavy atom. The number of fused-ring (bicyclic) bond motifs is 5. The van der Waals surface area contributed by atoms with Crippen LogP contribution in [0.25, 0.3) is 4.85 Å². The van der Waals surface area contributed by atoms with Crippen LogP contribution >= 0.6 is 0 Å². The van der Waals surface area contributed by atoms with Crippen LogP contribution in [-0.2, 0) is 45.6 Å². The van der Waals surface area contributed by atoms with Crippen LogP contribution in [0.4, 0.5) is 5.69 Å². The Bertz CT molecular complexity index is 1050. The molecule has 2 aromatic rings. The zero-order valence-electron chi connectivity index (χ0n) is 19.1. The minimum atomic E-state index is -0.733. The van der Waals surface area contributed by atoms with Gasteiger partial charge in [-0.1, -0.05) is 31.0 Å². The maximum absolute atomic E-state index is 12.0. The molecule has 5 atom stereocenters. The third kappa shape index (κ3) is 3.65. The van der Waals surface area contributed by atoms with Crippen molar-refractivity contribution in [2.24, 2.45) is 17.3 Å². The Labute approximate surface area is 216 Å². The van der Waals surface area contributed by atoms with E-state index >= 15 is 0 Å². The van der Waals surface area contributed by atoms with E-state index in [-0.39, 0.29) is 38.1 Å². The summed E-state index contributed by atoms with van der Waals surface area (Å²) in [4.78, 5) is 3.72. The van der Waals surface area contributed by atoms with E-state index in [1.54, 1.807) is 6.20 Å². The van der Waals surface area contributed by atoms with Crippen LogP contribution in [0.1, 0.15) is 73.6 Å². The van der Waals surface area contributed by atoms with Gasteiger partial charge in [0.15, 0.2) is 5.69 Å². The summed E-state index contributed by atoms with van der Waals surface area (Å²) in [6.07, 6.45) is 11.2. The van der Waals surface area contributed by atoms with Gasteiger partial charge < -0.3 is 5.11 Å². The number of hydrogen-bond acceptors (Lipinski definition) is 2. The molecule has 4 nitrogen and oxygen atoms in total. The number of aromatic nitrogens is 1. The molecule has 0 bridgehead atoms. The summed E-state index contributed by atoms with van der Waals surface area (Å²) in [5, 5.41) is 21.6. The molecular formula is C27H32N2O2Y. The van der Waals surface area contributed by atoms with Gasteiger partial charge in [-0.25, -0.2) is 10.4 Å². The Balaban J connectivity index is 0.00000245. The second-order valence-corrected chi connectivity index (χ2v) is 10.4. The molecule has 2 N–H and O–H groups in total. The van der Waals surface area contributed by atoms with E-state index in [2.05, 4.69) is 30.8 Å². The standard InChI is InChI=1S/C27H32N2O2.Y/c1-18-20-6-7-23-22(21(20)8-9-25(18)28-3)10-14-26(2)24(23)5-4-13-27(26,30)17-19-11-15-29(31)16-12-19;/h8-9,11,15-16,22-24,30-31H,4-7,10,13-14,17H2,1-2H3;/t22?,23?,24?,26-,27-;/m0./s1. The van der Waals surface area contributed by atoms with Crippen LogP contribution in [0, 0.1) is 36.8 Å². The van der Waals surface area contributed by atoms with Crippen molar-refractivity contribution in [3.05, 3.63) is 70.3 Å². The average molecular weight is 505 g/mol. The molecule has 1 aromatic carbocycles. The first-order valence-electron chi connectivity index (χ1n) is 11.7. The monoisotopic (exact) mass is 505 g/mol. The molecule has 165 valence electrons. The van der Waals surface area contributed by atoms with Crippen LogP contribution in [0.2, 0.25) is 0 Å². The van der Waals surface area contributed by atoms with Crippen LogP contribution in [0.5, 0.6) is 0 Å². The SMILES string of the molecule is [C-]#[N+]c1ccc2c(c1C)CCC1C2CC[C@@]2(C)C1CCC[C@]2(O)Cc1[c-]c[n+](O)cc1.[Y]. The van der Waals surface area contributed by atoms with Crippen molar-refractivity contribution in [2.45, 2.75) is 76.7 Å². The van der Waals surface area contributed by atoms with Gasteiger partial charge >= 0.3 is 0 Å². The van der Waals surface area contributed by atoms with Gasteiger partial charge in [0.25, 0.3) is 0 Å². The third-order valence-corrected chi connectivity index (χ3v) is 9.14. The summed E-state index contributed by atoms with van der Waals surface area (Å²) in [6, 6.07) is 9.25. The van der Waals surface area contributed by atoms with Gasteiger partial charge in [-0.3, -0.25) is 5.21 Å². The molecule has 32 heavy (non-hydrogen) atoms. The molecule has 1 radical (unpaired) electrons. The Morgan fingerprint density at radius 2 is 2.03 bits per heavy atom. The second-order valence-electron chi connectivity index (χ2n) is 10.4. The minimum Gasteiger partial charge on any atom is -0.389 e. The van der Waals surface area contributed by atoms with Gasteiger partial charge in [0.05, 0.1) is 12.2 Å². The summed E-state index contributed by atoms with van der Waals surface area (Å²) >= 11 is 0. The molecule has 0 spiro atoms. The molecular weight excluding hydrogens is 473 g/mol. The normalized spacial score (nSPS) is 33.1.